The second kappa shape index (κ2) is 8.34. The fraction of sp³-hybridized carbons (Fsp3) is 0.632. The molecule has 128 valence electrons. The Bertz CT molecular complexity index is 494. The van der Waals surface area contributed by atoms with Crippen LogP contribution in [0.25, 0.3) is 0 Å². The largest absolute Gasteiger partial charge is 0.378 e. The highest BCUT2D eigenvalue weighted by Crippen LogP contribution is 2.21. The Morgan fingerprint density at radius 1 is 1.17 bits per heavy atom. The lowest BCUT2D eigenvalue weighted by Crippen LogP contribution is -2.44. The minimum absolute atomic E-state index is 0.171. The van der Waals surface area contributed by atoms with Gasteiger partial charge in [0.2, 0.25) is 5.91 Å². The molecule has 1 aliphatic heterocycles. The first-order chi connectivity index (χ1) is 11.0. The first-order valence-corrected chi connectivity index (χ1v) is 8.82. The Morgan fingerprint density at radius 3 is 2.39 bits per heavy atom. The number of hydrogen-bond acceptors (Lipinski definition) is 3. The molecular weight excluding hydrogens is 286 g/mol. The number of anilines is 1. The van der Waals surface area contributed by atoms with Crippen molar-refractivity contribution >= 4 is 11.6 Å². The molecule has 1 heterocycles. The number of nitrogens with zero attached hydrogens (tertiary/aromatic N) is 3. The van der Waals surface area contributed by atoms with Gasteiger partial charge in [-0.05, 0) is 50.9 Å². The molecule has 0 aliphatic carbocycles. The molecule has 1 aromatic rings. The average molecular weight is 317 g/mol. The van der Waals surface area contributed by atoms with Crippen LogP contribution in [-0.4, -0.2) is 56.0 Å². The number of likely N-dealkylation sites (tertiary alicyclic amines) is 1. The van der Waals surface area contributed by atoms with E-state index in [0.29, 0.717) is 5.91 Å². The number of rotatable bonds is 6. The van der Waals surface area contributed by atoms with E-state index in [1.807, 2.05) is 4.90 Å². The Labute approximate surface area is 141 Å². The van der Waals surface area contributed by atoms with E-state index in [1.54, 1.807) is 0 Å². The summed E-state index contributed by atoms with van der Waals surface area (Å²) in [5.41, 5.74) is 2.55. The van der Waals surface area contributed by atoms with Crippen molar-refractivity contribution in [1.29, 1.82) is 0 Å². The number of piperidine rings is 1. The summed E-state index contributed by atoms with van der Waals surface area (Å²) >= 11 is 0. The predicted octanol–water partition coefficient (Wildman–Crippen LogP) is 2.83. The van der Waals surface area contributed by atoms with E-state index in [0.717, 1.165) is 45.6 Å². The first kappa shape index (κ1) is 17.8. The molecule has 1 aliphatic rings. The van der Waals surface area contributed by atoms with E-state index in [9.17, 15) is 4.79 Å². The van der Waals surface area contributed by atoms with Gasteiger partial charge in [0.1, 0.15) is 0 Å². The maximum absolute atomic E-state index is 12.6. The summed E-state index contributed by atoms with van der Waals surface area (Å²) in [5, 5.41) is 0. The second-order valence-corrected chi connectivity index (χ2v) is 6.65. The Morgan fingerprint density at radius 2 is 1.83 bits per heavy atom. The van der Waals surface area contributed by atoms with Crippen molar-refractivity contribution in [2.45, 2.75) is 33.2 Å². The monoisotopic (exact) mass is 317 g/mol. The summed E-state index contributed by atoms with van der Waals surface area (Å²) in [6.07, 6.45) is 2.15. The van der Waals surface area contributed by atoms with Crippen LogP contribution in [0, 0.1) is 5.92 Å². The van der Waals surface area contributed by atoms with Crippen molar-refractivity contribution in [3.05, 3.63) is 29.8 Å². The molecule has 1 amide bonds. The second-order valence-electron chi connectivity index (χ2n) is 6.65. The molecule has 0 aromatic heterocycles. The van der Waals surface area contributed by atoms with Crippen LogP contribution in [0.3, 0.4) is 0 Å². The molecule has 1 fully saturated rings. The topological polar surface area (TPSA) is 26.8 Å². The van der Waals surface area contributed by atoms with Gasteiger partial charge in [0.05, 0.1) is 5.92 Å². The van der Waals surface area contributed by atoms with E-state index in [-0.39, 0.29) is 5.92 Å². The summed E-state index contributed by atoms with van der Waals surface area (Å²) in [5.74, 6) is 0.507. The summed E-state index contributed by atoms with van der Waals surface area (Å²) in [6.45, 7) is 8.69. The van der Waals surface area contributed by atoms with Gasteiger partial charge in [-0.3, -0.25) is 9.69 Å². The summed E-state index contributed by atoms with van der Waals surface area (Å²) in [7, 11) is 4.12. The highest BCUT2D eigenvalue weighted by molar-refractivity contribution is 5.79. The molecule has 4 heteroatoms. The quantitative estimate of drug-likeness (QED) is 0.807. The van der Waals surface area contributed by atoms with E-state index in [4.69, 9.17) is 0 Å². The maximum Gasteiger partial charge on any atom is 0.226 e. The summed E-state index contributed by atoms with van der Waals surface area (Å²) in [6, 6.07) is 8.73. The van der Waals surface area contributed by atoms with Crippen molar-refractivity contribution in [3.63, 3.8) is 0 Å². The first-order valence-electron chi connectivity index (χ1n) is 8.82. The van der Waals surface area contributed by atoms with Crippen LogP contribution in [0.15, 0.2) is 24.3 Å². The molecular formula is C19H31N3O. The number of hydrogen-bond donors (Lipinski definition) is 0. The van der Waals surface area contributed by atoms with Gasteiger partial charge in [-0.2, -0.15) is 0 Å². The van der Waals surface area contributed by atoms with Crippen LogP contribution in [-0.2, 0) is 11.3 Å². The van der Waals surface area contributed by atoms with Gasteiger partial charge >= 0.3 is 0 Å². The zero-order valence-electron chi connectivity index (χ0n) is 15.1. The van der Waals surface area contributed by atoms with Crippen molar-refractivity contribution < 1.29 is 4.79 Å². The van der Waals surface area contributed by atoms with Gasteiger partial charge in [0, 0.05) is 46.0 Å². The molecule has 1 aromatic carbocycles. The minimum Gasteiger partial charge on any atom is -0.378 e. The van der Waals surface area contributed by atoms with E-state index in [1.165, 1.54) is 11.3 Å². The Hall–Kier alpha value is -1.55. The normalized spacial score (nSPS) is 18.7. The predicted molar refractivity (Wildman–Crippen MR) is 96.7 cm³/mol. The van der Waals surface area contributed by atoms with Gasteiger partial charge < -0.3 is 9.80 Å². The number of carbonyl (C=O) groups is 1. The highest BCUT2D eigenvalue weighted by Gasteiger charge is 2.28. The maximum atomic E-state index is 12.6. The molecule has 0 spiro atoms. The molecule has 4 nitrogen and oxygen atoms in total. The highest BCUT2D eigenvalue weighted by atomic mass is 16.2. The fourth-order valence-electron chi connectivity index (χ4n) is 3.35. The average Bonchev–Trinajstić information content (AvgIpc) is 2.56. The third kappa shape index (κ3) is 4.71. The van der Waals surface area contributed by atoms with Crippen LogP contribution in [0.1, 0.15) is 32.3 Å². The molecule has 0 unspecified atom stereocenters. The van der Waals surface area contributed by atoms with Crippen LogP contribution >= 0.6 is 0 Å². The summed E-state index contributed by atoms with van der Waals surface area (Å²) < 4.78 is 0. The van der Waals surface area contributed by atoms with Gasteiger partial charge in [0.25, 0.3) is 0 Å². The SMILES string of the molecule is CCN(CC)C(=O)[C@@H]1CCCN(Cc2ccc(N(C)C)cc2)C1. The van der Waals surface area contributed by atoms with Gasteiger partial charge in [-0.1, -0.05) is 12.1 Å². The third-order valence-electron chi connectivity index (χ3n) is 4.79. The lowest BCUT2D eigenvalue weighted by atomic mass is 9.96. The van der Waals surface area contributed by atoms with Crippen molar-refractivity contribution in [3.8, 4) is 0 Å². The van der Waals surface area contributed by atoms with Crippen LogP contribution < -0.4 is 4.90 Å². The minimum atomic E-state index is 0.171. The molecule has 0 N–H and O–H groups in total. The zero-order chi connectivity index (χ0) is 16.8. The fourth-order valence-corrected chi connectivity index (χ4v) is 3.35. The molecule has 0 saturated carbocycles. The molecule has 0 radical (unpaired) electrons. The van der Waals surface area contributed by atoms with Crippen molar-refractivity contribution in [1.82, 2.24) is 9.80 Å². The number of carbonyl (C=O) groups excluding carboxylic acids is 1. The number of amides is 1. The molecule has 1 saturated heterocycles. The molecule has 0 bridgehead atoms. The van der Waals surface area contributed by atoms with Gasteiger partial charge in [-0.25, -0.2) is 0 Å². The van der Waals surface area contributed by atoms with Crippen LogP contribution in [0.5, 0.6) is 0 Å². The van der Waals surface area contributed by atoms with Crippen molar-refractivity contribution in [2.24, 2.45) is 5.92 Å². The van der Waals surface area contributed by atoms with Gasteiger partial charge in [0.15, 0.2) is 0 Å². The number of benzene rings is 1. The van der Waals surface area contributed by atoms with Gasteiger partial charge in [-0.15, -0.1) is 0 Å². The van der Waals surface area contributed by atoms with E-state index in [2.05, 4.69) is 62.0 Å². The van der Waals surface area contributed by atoms with Crippen LogP contribution in [0.4, 0.5) is 5.69 Å². The zero-order valence-corrected chi connectivity index (χ0v) is 15.1. The summed E-state index contributed by atoms with van der Waals surface area (Å²) in [4.78, 5) is 19.1. The molecule has 23 heavy (non-hydrogen) atoms. The molecule has 2 rings (SSSR count). The van der Waals surface area contributed by atoms with E-state index >= 15 is 0 Å². The van der Waals surface area contributed by atoms with E-state index < -0.39 is 0 Å². The Balaban J connectivity index is 1.94. The standard InChI is InChI=1S/C19H31N3O/c1-5-22(6-2)19(23)17-8-7-13-21(15-17)14-16-9-11-18(12-10-16)20(3)4/h9-12,17H,5-8,13-15H2,1-4H3/t17-/m1/s1. The Kier molecular flexibility index (Phi) is 6.46. The third-order valence-corrected chi connectivity index (χ3v) is 4.79. The molecule has 1 atom stereocenters. The lowest BCUT2D eigenvalue weighted by Gasteiger charge is -2.34. The smallest absolute Gasteiger partial charge is 0.226 e. The lowest BCUT2D eigenvalue weighted by molar-refractivity contribution is -0.137. The van der Waals surface area contributed by atoms with Crippen LogP contribution in [0.2, 0.25) is 0 Å². The van der Waals surface area contributed by atoms with Crippen molar-refractivity contribution in [2.75, 3.05) is 45.2 Å².